The van der Waals surface area contributed by atoms with Crippen molar-refractivity contribution >= 4 is 40.1 Å². The van der Waals surface area contributed by atoms with E-state index in [0.29, 0.717) is 11.0 Å². The molecule has 0 amide bonds. The van der Waals surface area contributed by atoms with Crippen molar-refractivity contribution < 1.29 is 0 Å². The Labute approximate surface area is 126 Å². The molecule has 1 N–H and O–H groups in total. The lowest BCUT2D eigenvalue weighted by Gasteiger charge is -2.06. The van der Waals surface area contributed by atoms with Crippen LogP contribution in [0.1, 0.15) is 0 Å². The number of fused-ring (bicyclic) bond motifs is 1. The third kappa shape index (κ3) is 2.71. The lowest BCUT2D eigenvalue weighted by molar-refractivity contribution is 1.05. The van der Waals surface area contributed by atoms with Crippen LogP contribution in [0, 0.1) is 0 Å². The van der Waals surface area contributed by atoms with E-state index in [1.54, 1.807) is 13.2 Å². The van der Waals surface area contributed by atoms with Gasteiger partial charge in [-0.2, -0.15) is 0 Å². The molecule has 3 aromatic rings. The van der Waals surface area contributed by atoms with Crippen LogP contribution in [-0.2, 0) is 0 Å². The Morgan fingerprint density at radius 3 is 2.70 bits per heavy atom. The molecule has 0 saturated carbocycles. The highest BCUT2D eigenvalue weighted by Gasteiger charge is 2.07. The van der Waals surface area contributed by atoms with E-state index in [-0.39, 0.29) is 0 Å². The van der Waals surface area contributed by atoms with Crippen molar-refractivity contribution in [1.29, 1.82) is 0 Å². The van der Waals surface area contributed by atoms with Crippen LogP contribution < -0.4 is 5.32 Å². The normalized spacial score (nSPS) is 10.7. The summed E-state index contributed by atoms with van der Waals surface area (Å²) in [7, 11) is 1.79. The summed E-state index contributed by atoms with van der Waals surface area (Å²) in [5, 5.41) is 6.65. The van der Waals surface area contributed by atoms with Crippen LogP contribution in [0.5, 0.6) is 0 Å². The lowest BCUT2D eigenvalue weighted by Crippen LogP contribution is -1.96. The fraction of sp³-hybridized carbons (Fsp3) is 0.0667. The molecule has 0 atom stereocenters. The van der Waals surface area contributed by atoms with Crippen molar-refractivity contribution in [2.75, 3.05) is 12.4 Å². The third-order valence-corrected chi connectivity index (χ3v) is 4.25. The van der Waals surface area contributed by atoms with Gasteiger partial charge in [-0.3, -0.25) is 0 Å². The minimum absolute atomic E-state index is 0.558. The molecular formula is C15H12ClN3S. The van der Waals surface area contributed by atoms with Crippen molar-refractivity contribution in [3.05, 3.63) is 53.7 Å². The van der Waals surface area contributed by atoms with Crippen LogP contribution in [0.25, 0.3) is 10.8 Å². The fourth-order valence-corrected chi connectivity index (χ4v) is 2.92. The first-order valence-corrected chi connectivity index (χ1v) is 7.32. The van der Waals surface area contributed by atoms with E-state index in [2.05, 4.69) is 45.6 Å². The largest absolute Gasteiger partial charge is 0.357 e. The van der Waals surface area contributed by atoms with Crippen LogP contribution in [0.15, 0.2) is 58.6 Å². The average molecular weight is 302 g/mol. The lowest BCUT2D eigenvalue weighted by atomic mass is 10.1. The van der Waals surface area contributed by atoms with Crippen LogP contribution >= 0.6 is 23.4 Å². The van der Waals surface area contributed by atoms with E-state index < -0.39 is 0 Å². The van der Waals surface area contributed by atoms with Crippen molar-refractivity contribution in [3.63, 3.8) is 0 Å². The topological polar surface area (TPSA) is 37.8 Å². The number of benzene rings is 2. The smallest absolute Gasteiger partial charge is 0.223 e. The van der Waals surface area contributed by atoms with Crippen molar-refractivity contribution in [2.24, 2.45) is 0 Å². The van der Waals surface area contributed by atoms with Gasteiger partial charge in [-0.25, -0.2) is 9.97 Å². The van der Waals surface area contributed by atoms with Crippen LogP contribution in [0.4, 0.5) is 5.95 Å². The second-order valence-corrected chi connectivity index (χ2v) is 5.68. The molecule has 0 aliphatic carbocycles. The predicted octanol–water partition coefficient (Wildman–Crippen LogP) is 4.48. The van der Waals surface area contributed by atoms with Gasteiger partial charge < -0.3 is 5.32 Å². The number of nitrogens with one attached hydrogen (secondary N) is 1. The van der Waals surface area contributed by atoms with Gasteiger partial charge in [-0.1, -0.05) is 53.7 Å². The summed E-state index contributed by atoms with van der Waals surface area (Å²) >= 11 is 7.68. The maximum atomic E-state index is 6.15. The van der Waals surface area contributed by atoms with E-state index in [4.69, 9.17) is 11.6 Å². The Bertz CT molecular complexity index is 761. The second kappa shape index (κ2) is 5.69. The minimum atomic E-state index is 0.558. The zero-order chi connectivity index (χ0) is 13.9. The van der Waals surface area contributed by atoms with Gasteiger partial charge in [0.25, 0.3) is 0 Å². The SMILES string of the molecule is CNc1ncc(Cl)c(Sc2ccc3ccccc3c2)n1. The van der Waals surface area contributed by atoms with E-state index >= 15 is 0 Å². The number of hydrogen-bond donors (Lipinski definition) is 1. The second-order valence-electron chi connectivity index (χ2n) is 4.21. The number of nitrogens with zero attached hydrogens (tertiary/aromatic N) is 2. The first-order chi connectivity index (χ1) is 9.76. The number of hydrogen-bond acceptors (Lipinski definition) is 4. The molecule has 3 nitrogen and oxygen atoms in total. The molecule has 0 aliphatic rings. The van der Waals surface area contributed by atoms with Crippen LogP contribution in [0.2, 0.25) is 5.02 Å². The predicted molar refractivity (Wildman–Crippen MR) is 84.7 cm³/mol. The van der Waals surface area contributed by atoms with Crippen molar-refractivity contribution in [2.45, 2.75) is 9.92 Å². The fourth-order valence-electron chi connectivity index (χ4n) is 1.89. The maximum absolute atomic E-state index is 6.15. The molecule has 20 heavy (non-hydrogen) atoms. The summed E-state index contributed by atoms with van der Waals surface area (Å²) in [6.45, 7) is 0. The zero-order valence-electron chi connectivity index (χ0n) is 10.8. The molecular weight excluding hydrogens is 290 g/mol. The number of rotatable bonds is 3. The molecule has 0 bridgehead atoms. The first-order valence-electron chi connectivity index (χ1n) is 6.13. The summed E-state index contributed by atoms with van der Waals surface area (Å²) in [6.07, 6.45) is 1.61. The van der Waals surface area contributed by atoms with Gasteiger partial charge in [-0.05, 0) is 22.9 Å². The maximum Gasteiger partial charge on any atom is 0.223 e. The number of halogens is 1. The quantitative estimate of drug-likeness (QED) is 0.724. The Hall–Kier alpha value is -1.78. The Balaban J connectivity index is 1.96. The summed E-state index contributed by atoms with van der Waals surface area (Å²) in [6, 6.07) is 14.6. The third-order valence-electron chi connectivity index (χ3n) is 2.87. The van der Waals surface area contributed by atoms with Crippen molar-refractivity contribution in [3.8, 4) is 0 Å². The Kier molecular flexibility index (Phi) is 3.76. The molecule has 2 aromatic carbocycles. The summed E-state index contributed by atoms with van der Waals surface area (Å²) in [4.78, 5) is 9.56. The van der Waals surface area contributed by atoms with E-state index in [0.717, 1.165) is 9.92 Å². The standard InChI is InChI=1S/C15H12ClN3S/c1-17-15-18-9-13(16)14(19-15)20-12-7-6-10-4-2-3-5-11(10)8-12/h2-9H,1H3,(H,17,18,19). The van der Waals surface area contributed by atoms with E-state index in [9.17, 15) is 0 Å². The summed E-state index contributed by atoms with van der Waals surface area (Å²) < 4.78 is 0. The molecule has 3 rings (SSSR count). The molecule has 0 unspecified atom stereocenters. The van der Waals surface area contributed by atoms with E-state index in [1.165, 1.54) is 22.5 Å². The molecule has 5 heteroatoms. The highest BCUT2D eigenvalue weighted by atomic mass is 35.5. The molecule has 100 valence electrons. The molecule has 0 fully saturated rings. The van der Waals surface area contributed by atoms with Crippen molar-refractivity contribution in [1.82, 2.24) is 9.97 Å². The van der Waals surface area contributed by atoms with E-state index in [1.807, 2.05) is 12.1 Å². The van der Waals surface area contributed by atoms with Gasteiger partial charge in [0, 0.05) is 11.9 Å². The molecule has 1 aromatic heterocycles. The van der Waals surface area contributed by atoms with Crippen LogP contribution in [-0.4, -0.2) is 17.0 Å². The Morgan fingerprint density at radius 2 is 1.90 bits per heavy atom. The monoisotopic (exact) mass is 301 g/mol. The van der Waals surface area contributed by atoms with Gasteiger partial charge in [0.15, 0.2) is 0 Å². The van der Waals surface area contributed by atoms with Gasteiger partial charge in [0.1, 0.15) is 5.03 Å². The molecule has 0 saturated heterocycles. The van der Waals surface area contributed by atoms with Crippen LogP contribution in [0.3, 0.4) is 0 Å². The first kappa shape index (κ1) is 13.2. The number of aromatic nitrogens is 2. The average Bonchev–Trinajstić information content (AvgIpc) is 2.49. The molecule has 0 radical (unpaired) electrons. The molecule has 1 heterocycles. The summed E-state index contributed by atoms with van der Waals surface area (Å²) in [5.74, 6) is 0.567. The highest BCUT2D eigenvalue weighted by Crippen LogP contribution is 2.33. The van der Waals surface area contributed by atoms with Gasteiger partial charge in [0.05, 0.1) is 11.2 Å². The zero-order valence-corrected chi connectivity index (χ0v) is 12.4. The Morgan fingerprint density at radius 1 is 1.10 bits per heavy atom. The van der Waals surface area contributed by atoms with Gasteiger partial charge in [0.2, 0.25) is 5.95 Å². The molecule has 0 aliphatic heterocycles. The minimum Gasteiger partial charge on any atom is -0.357 e. The van der Waals surface area contributed by atoms with Gasteiger partial charge >= 0.3 is 0 Å². The number of anilines is 1. The highest BCUT2D eigenvalue weighted by molar-refractivity contribution is 7.99. The van der Waals surface area contributed by atoms with Gasteiger partial charge in [-0.15, -0.1) is 0 Å². The molecule has 0 spiro atoms. The summed E-state index contributed by atoms with van der Waals surface area (Å²) in [5.41, 5.74) is 0.